The predicted octanol–water partition coefficient (Wildman–Crippen LogP) is 4.38. The van der Waals surface area contributed by atoms with Crippen LogP contribution in [0.3, 0.4) is 0 Å². The molecule has 1 aromatic rings. The van der Waals surface area contributed by atoms with Gasteiger partial charge in [-0.3, -0.25) is 4.79 Å². The second-order valence-electron chi connectivity index (χ2n) is 7.74. The van der Waals surface area contributed by atoms with E-state index in [9.17, 15) is 13.2 Å². The van der Waals surface area contributed by atoms with E-state index in [0.29, 0.717) is 17.4 Å². The van der Waals surface area contributed by atoms with Crippen LogP contribution in [0.5, 0.6) is 0 Å². The molecule has 2 fully saturated rings. The van der Waals surface area contributed by atoms with Gasteiger partial charge in [-0.25, -0.2) is 13.1 Å². The fourth-order valence-electron chi connectivity index (χ4n) is 4.01. The van der Waals surface area contributed by atoms with E-state index in [1.807, 2.05) is 22.9 Å². The summed E-state index contributed by atoms with van der Waals surface area (Å²) in [5, 5.41) is 0.679. The summed E-state index contributed by atoms with van der Waals surface area (Å²) >= 11 is 3.35. The summed E-state index contributed by atoms with van der Waals surface area (Å²) in [6.07, 6.45) is 11.3. The van der Waals surface area contributed by atoms with Crippen LogP contribution in [-0.4, -0.2) is 56.1 Å². The van der Waals surface area contributed by atoms with E-state index in [4.69, 9.17) is 0 Å². The minimum Gasteiger partial charge on any atom is -0.339 e. The van der Waals surface area contributed by atoms with E-state index < -0.39 is 10.0 Å². The van der Waals surface area contributed by atoms with E-state index in [1.165, 1.54) is 37.4 Å². The lowest BCUT2D eigenvalue weighted by molar-refractivity contribution is 0.0758. The maximum absolute atomic E-state index is 13.1. The molecule has 0 atom stereocenters. The molecule has 162 valence electrons. The van der Waals surface area contributed by atoms with Crippen LogP contribution in [0, 0.1) is 0 Å². The molecule has 5 nitrogen and oxygen atoms in total. The highest BCUT2D eigenvalue weighted by Crippen LogP contribution is 2.29. The maximum Gasteiger partial charge on any atom is 0.255 e. The van der Waals surface area contributed by atoms with E-state index in [-0.39, 0.29) is 10.8 Å². The number of carbonyl (C=O) groups excluding carboxylic acids is 1. The van der Waals surface area contributed by atoms with Crippen molar-refractivity contribution in [2.24, 2.45) is 0 Å². The third-order valence-corrected chi connectivity index (χ3v) is 9.29. The second-order valence-corrected chi connectivity index (χ2v) is 11.8. The highest BCUT2D eigenvalue weighted by molar-refractivity contribution is 8.00. The van der Waals surface area contributed by atoms with E-state index in [0.717, 1.165) is 49.4 Å². The first-order valence-electron chi connectivity index (χ1n) is 10.6. The molecule has 0 spiro atoms. The van der Waals surface area contributed by atoms with Gasteiger partial charge in [-0.1, -0.05) is 25.7 Å². The monoisotopic (exact) mass is 456 g/mol. The van der Waals surface area contributed by atoms with Gasteiger partial charge in [0, 0.05) is 35.5 Å². The van der Waals surface area contributed by atoms with Crippen LogP contribution in [0.2, 0.25) is 0 Å². The van der Waals surface area contributed by atoms with Crippen LogP contribution in [0.15, 0.2) is 28.0 Å². The summed E-state index contributed by atoms with van der Waals surface area (Å²) in [6, 6.07) is 4.93. The smallest absolute Gasteiger partial charge is 0.255 e. The summed E-state index contributed by atoms with van der Waals surface area (Å²) in [7, 11) is -3.62. The Morgan fingerprint density at radius 1 is 1.10 bits per heavy atom. The molecule has 1 saturated carbocycles. The third-order valence-electron chi connectivity index (χ3n) is 5.65. The molecule has 0 bridgehead atoms. The van der Waals surface area contributed by atoms with Gasteiger partial charge in [0.15, 0.2) is 0 Å². The van der Waals surface area contributed by atoms with Crippen LogP contribution < -0.4 is 4.72 Å². The van der Waals surface area contributed by atoms with Gasteiger partial charge in [0.05, 0.1) is 10.5 Å². The Kier molecular flexibility index (Phi) is 8.77. The molecule has 8 heteroatoms. The number of rotatable bonds is 8. The van der Waals surface area contributed by atoms with Gasteiger partial charge in [0.25, 0.3) is 5.91 Å². The van der Waals surface area contributed by atoms with Gasteiger partial charge in [-0.2, -0.15) is 11.8 Å². The van der Waals surface area contributed by atoms with Gasteiger partial charge >= 0.3 is 0 Å². The zero-order valence-electron chi connectivity index (χ0n) is 17.2. The van der Waals surface area contributed by atoms with Crippen molar-refractivity contribution >= 4 is 39.5 Å². The number of hydrogen-bond donors (Lipinski definition) is 1. The third kappa shape index (κ3) is 6.39. The fourth-order valence-corrected chi connectivity index (χ4v) is 6.98. The van der Waals surface area contributed by atoms with Crippen LogP contribution in [0.1, 0.15) is 61.7 Å². The molecular weight excluding hydrogens is 424 g/mol. The zero-order valence-corrected chi connectivity index (χ0v) is 19.6. The van der Waals surface area contributed by atoms with Crippen molar-refractivity contribution in [2.75, 3.05) is 31.6 Å². The number of thioether (sulfide) groups is 2. The van der Waals surface area contributed by atoms with E-state index >= 15 is 0 Å². The minimum absolute atomic E-state index is 0.0508. The van der Waals surface area contributed by atoms with Crippen molar-refractivity contribution in [1.29, 1.82) is 0 Å². The summed E-state index contributed by atoms with van der Waals surface area (Å²) < 4.78 is 28.3. The predicted molar refractivity (Wildman–Crippen MR) is 122 cm³/mol. The number of nitrogens with zero attached hydrogens (tertiary/aromatic N) is 1. The summed E-state index contributed by atoms with van der Waals surface area (Å²) in [6.45, 7) is 1.92. The molecule has 0 aromatic heterocycles. The molecule has 1 aromatic carbocycles. The lowest BCUT2D eigenvalue weighted by atomic mass is 10.2. The lowest BCUT2D eigenvalue weighted by Gasteiger charge is -2.22. The lowest BCUT2D eigenvalue weighted by Crippen LogP contribution is -2.32. The Morgan fingerprint density at radius 3 is 2.45 bits per heavy atom. The van der Waals surface area contributed by atoms with Crippen molar-refractivity contribution in [1.82, 2.24) is 9.62 Å². The Morgan fingerprint density at radius 2 is 1.79 bits per heavy atom. The molecule has 1 aliphatic heterocycles. The summed E-state index contributed by atoms with van der Waals surface area (Å²) in [4.78, 5) is 16.0. The number of sulfonamides is 1. The number of hydrogen-bond acceptors (Lipinski definition) is 5. The number of benzene rings is 1. The molecule has 0 unspecified atom stereocenters. The van der Waals surface area contributed by atoms with Gasteiger partial charge in [-0.15, -0.1) is 11.8 Å². The first kappa shape index (κ1) is 23.0. The summed E-state index contributed by atoms with van der Waals surface area (Å²) in [5.74, 6) is 0.733. The average molecular weight is 457 g/mol. The fraction of sp³-hybridized carbons (Fsp3) is 0.667. The van der Waals surface area contributed by atoms with Crippen LogP contribution >= 0.6 is 23.5 Å². The zero-order chi connectivity index (χ0) is 20.7. The van der Waals surface area contributed by atoms with Crippen LogP contribution in [0.4, 0.5) is 0 Å². The number of carbonyl (C=O) groups is 1. The molecular formula is C21H32N2O3S3. The number of likely N-dealkylation sites (tertiary alicyclic amines) is 1. The van der Waals surface area contributed by atoms with Crippen molar-refractivity contribution in [3.8, 4) is 0 Å². The van der Waals surface area contributed by atoms with E-state index in [2.05, 4.69) is 4.72 Å². The molecule has 29 heavy (non-hydrogen) atoms. The van der Waals surface area contributed by atoms with Crippen molar-refractivity contribution in [3.05, 3.63) is 23.8 Å². The first-order chi connectivity index (χ1) is 14.0. The Labute approximate surface area is 183 Å². The SMILES string of the molecule is CSc1ccc(S(=O)(=O)NCCSC2CCCC2)cc1C(=O)N1CCCCCC1. The molecule has 1 aliphatic carbocycles. The highest BCUT2D eigenvalue weighted by atomic mass is 32.2. The quantitative estimate of drug-likeness (QED) is 0.464. The second kappa shape index (κ2) is 11.1. The van der Waals surface area contributed by atoms with Gasteiger partial charge < -0.3 is 4.90 Å². The van der Waals surface area contributed by atoms with E-state index in [1.54, 1.807) is 18.2 Å². The Balaban J connectivity index is 1.68. The number of nitrogens with one attached hydrogen (secondary N) is 1. The molecule has 1 saturated heterocycles. The summed E-state index contributed by atoms with van der Waals surface area (Å²) in [5.41, 5.74) is 0.502. The number of amides is 1. The Bertz CT molecular complexity index is 784. The average Bonchev–Trinajstić information content (AvgIpc) is 3.10. The van der Waals surface area contributed by atoms with Gasteiger partial charge in [0.1, 0.15) is 0 Å². The molecule has 3 rings (SSSR count). The molecule has 1 N–H and O–H groups in total. The van der Waals surface area contributed by atoms with Gasteiger partial charge in [0.2, 0.25) is 10.0 Å². The maximum atomic E-state index is 13.1. The molecule has 1 heterocycles. The standard InChI is InChI=1S/C21H32N2O3S3/c1-27-20-11-10-18(16-19(20)21(24)23-13-6-2-3-7-14-23)29(25,26)22-12-15-28-17-8-4-5-9-17/h10-11,16-17,22H,2-9,12-15H2,1H3. The van der Waals surface area contributed by atoms with Crippen LogP contribution in [0.25, 0.3) is 0 Å². The van der Waals surface area contributed by atoms with Gasteiger partial charge in [-0.05, 0) is 50.1 Å². The van der Waals surface area contributed by atoms with Crippen molar-refractivity contribution in [3.63, 3.8) is 0 Å². The first-order valence-corrected chi connectivity index (χ1v) is 14.4. The molecule has 2 aliphatic rings. The van der Waals surface area contributed by atoms with Crippen molar-refractivity contribution < 1.29 is 13.2 Å². The highest BCUT2D eigenvalue weighted by Gasteiger charge is 2.23. The normalized spacial score (nSPS) is 18.7. The van der Waals surface area contributed by atoms with Crippen LogP contribution in [-0.2, 0) is 10.0 Å². The molecule has 1 amide bonds. The largest absolute Gasteiger partial charge is 0.339 e. The molecule has 0 radical (unpaired) electrons. The van der Waals surface area contributed by atoms with Crippen molar-refractivity contribution in [2.45, 2.75) is 66.4 Å². The Hall–Kier alpha value is -0.700. The topological polar surface area (TPSA) is 66.5 Å². The minimum atomic E-state index is -3.62.